The van der Waals surface area contributed by atoms with Crippen LogP contribution in [0.25, 0.3) is 0 Å². The zero-order valence-corrected chi connectivity index (χ0v) is 5.90. The van der Waals surface area contributed by atoms with Crippen molar-refractivity contribution < 1.29 is 9.90 Å². The third kappa shape index (κ3) is 1.89. The van der Waals surface area contributed by atoms with Crippen LogP contribution in [0.5, 0.6) is 5.75 Å². The summed E-state index contributed by atoms with van der Waals surface area (Å²) in [4.78, 5) is 17.6. The highest BCUT2D eigenvalue weighted by Crippen LogP contribution is 2.15. The van der Waals surface area contributed by atoms with E-state index in [1.807, 2.05) is 0 Å². The molecular formula is C6H7N3O2. The number of nitrogens with one attached hydrogen (secondary N) is 1. The molecule has 1 aromatic heterocycles. The van der Waals surface area contributed by atoms with E-state index in [1.165, 1.54) is 19.4 Å². The van der Waals surface area contributed by atoms with Gasteiger partial charge in [-0.2, -0.15) is 0 Å². The first-order chi connectivity index (χ1) is 5.20. The lowest BCUT2D eigenvalue weighted by atomic mass is 10.5. The minimum Gasteiger partial charge on any atom is -0.503 e. The van der Waals surface area contributed by atoms with Crippen molar-refractivity contribution in [1.82, 2.24) is 9.97 Å². The second-order valence-corrected chi connectivity index (χ2v) is 1.94. The lowest BCUT2D eigenvalue weighted by molar-refractivity contribution is -0.114. The molecule has 0 saturated heterocycles. The molecule has 5 nitrogen and oxygen atoms in total. The second kappa shape index (κ2) is 2.96. The van der Waals surface area contributed by atoms with Crippen LogP contribution >= 0.6 is 0 Å². The number of anilines is 1. The molecule has 0 saturated carbocycles. The average Bonchev–Trinajstić information content (AvgIpc) is 1.93. The highest BCUT2D eigenvalue weighted by atomic mass is 16.3. The number of aromatic hydroxyl groups is 1. The fraction of sp³-hybridized carbons (Fsp3) is 0.167. The first-order valence-electron chi connectivity index (χ1n) is 2.96. The lowest BCUT2D eigenvalue weighted by Crippen LogP contribution is -2.07. The van der Waals surface area contributed by atoms with Crippen LogP contribution in [0.3, 0.4) is 0 Å². The van der Waals surface area contributed by atoms with E-state index < -0.39 is 0 Å². The molecule has 1 aromatic rings. The van der Waals surface area contributed by atoms with Crippen LogP contribution in [0.4, 0.5) is 5.82 Å². The molecule has 0 bridgehead atoms. The highest BCUT2D eigenvalue weighted by Gasteiger charge is 2.01. The number of amides is 1. The van der Waals surface area contributed by atoms with E-state index in [0.29, 0.717) is 0 Å². The van der Waals surface area contributed by atoms with Gasteiger partial charge in [0.05, 0.1) is 6.20 Å². The maximum atomic E-state index is 10.5. The van der Waals surface area contributed by atoms with Crippen LogP contribution in [-0.4, -0.2) is 21.0 Å². The summed E-state index contributed by atoms with van der Waals surface area (Å²) >= 11 is 0. The van der Waals surface area contributed by atoms with Gasteiger partial charge >= 0.3 is 0 Å². The first kappa shape index (κ1) is 7.46. The standard InChI is InChI=1S/C6H7N3O2/c1-4(10)9-6-5(11)2-7-3-8-6/h2-3,11H,1H3,(H,7,8,9,10). The Labute approximate surface area is 63.1 Å². The Hall–Kier alpha value is -1.65. The molecule has 0 radical (unpaired) electrons. The van der Waals surface area contributed by atoms with Crippen LogP contribution in [-0.2, 0) is 4.79 Å². The Balaban J connectivity index is 2.86. The lowest BCUT2D eigenvalue weighted by Gasteiger charge is -2.00. The minimum absolute atomic E-state index is 0.132. The van der Waals surface area contributed by atoms with Crippen LogP contribution in [0.15, 0.2) is 12.5 Å². The largest absolute Gasteiger partial charge is 0.503 e. The monoisotopic (exact) mass is 153 g/mol. The van der Waals surface area contributed by atoms with Gasteiger partial charge in [0, 0.05) is 6.92 Å². The maximum absolute atomic E-state index is 10.5. The Morgan fingerprint density at radius 1 is 1.73 bits per heavy atom. The molecule has 0 atom stereocenters. The molecule has 0 aliphatic heterocycles. The van der Waals surface area contributed by atoms with Crippen LogP contribution in [0.2, 0.25) is 0 Å². The average molecular weight is 153 g/mol. The molecule has 0 aliphatic rings. The molecule has 0 spiro atoms. The number of aromatic nitrogens is 2. The summed E-state index contributed by atoms with van der Waals surface area (Å²) in [6.45, 7) is 1.33. The van der Waals surface area contributed by atoms with Gasteiger partial charge in [-0.3, -0.25) is 4.79 Å². The summed E-state index contributed by atoms with van der Waals surface area (Å²) in [5, 5.41) is 11.4. The van der Waals surface area contributed by atoms with Gasteiger partial charge in [0.2, 0.25) is 5.91 Å². The molecule has 2 N–H and O–H groups in total. The van der Waals surface area contributed by atoms with Gasteiger partial charge in [-0.05, 0) is 0 Å². The van der Waals surface area contributed by atoms with E-state index in [2.05, 4.69) is 15.3 Å². The van der Waals surface area contributed by atoms with E-state index in [4.69, 9.17) is 5.11 Å². The Morgan fingerprint density at radius 3 is 3.00 bits per heavy atom. The van der Waals surface area contributed by atoms with E-state index in [9.17, 15) is 4.79 Å². The summed E-state index contributed by atoms with van der Waals surface area (Å²) in [5.74, 6) is -0.283. The molecule has 5 heteroatoms. The van der Waals surface area contributed by atoms with Crippen molar-refractivity contribution >= 4 is 11.7 Å². The van der Waals surface area contributed by atoms with E-state index >= 15 is 0 Å². The molecule has 1 amide bonds. The van der Waals surface area contributed by atoms with Crippen molar-refractivity contribution in [3.05, 3.63) is 12.5 Å². The zero-order valence-electron chi connectivity index (χ0n) is 5.90. The summed E-state index contributed by atoms with van der Waals surface area (Å²) in [7, 11) is 0. The summed E-state index contributed by atoms with van der Waals surface area (Å²) < 4.78 is 0. The Morgan fingerprint density at radius 2 is 2.45 bits per heavy atom. The molecule has 0 aromatic carbocycles. The predicted octanol–water partition coefficient (Wildman–Crippen LogP) is 0.141. The third-order valence-electron chi connectivity index (χ3n) is 0.987. The van der Waals surface area contributed by atoms with E-state index in [1.54, 1.807) is 0 Å². The van der Waals surface area contributed by atoms with Gasteiger partial charge in [-0.15, -0.1) is 0 Å². The topological polar surface area (TPSA) is 75.1 Å². The molecule has 1 rings (SSSR count). The Bertz CT molecular complexity index is 274. The number of nitrogens with zero attached hydrogens (tertiary/aromatic N) is 2. The van der Waals surface area contributed by atoms with Gasteiger partial charge < -0.3 is 10.4 Å². The molecule has 1 heterocycles. The zero-order chi connectivity index (χ0) is 8.27. The molecule has 0 unspecified atom stereocenters. The molecular weight excluding hydrogens is 146 g/mol. The van der Waals surface area contributed by atoms with Crippen molar-refractivity contribution in [3.8, 4) is 5.75 Å². The number of carbonyl (C=O) groups excluding carboxylic acids is 1. The predicted molar refractivity (Wildman–Crippen MR) is 38.0 cm³/mol. The Kier molecular flexibility index (Phi) is 2.00. The van der Waals surface area contributed by atoms with Crippen molar-refractivity contribution in [3.63, 3.8) is 0 Å². The van der Waals surface area contributed by atoms with Gasteiger partial charge in [-0.1, -0.05) is 0 Å². The third-order valence-corrected chi connectivity index (χ3v) is 0.987. The second-order valence-electron chi connectivity index (χ2n) is 1.94. The first-order valence-corrected chi connectivity index (χ1v) is 2.96. The quantitative estimate of drug-likeness (QED) is 0.601. The smallest absolute Gasteiger partial charge is 0.222 e. The van der Waals surface area contributed by atoms with Crippen LogP contribution < -0.4 is 5.32 Å². The summed E-state index contributed by atoms with van der Waals surface area (Å²) in [6.07, 6.45) is 2.45. The van der Waals surface area contributed by atoms with Gasteiger partial charge in [0.1, 0.15) is 6.33 Å². The molecule has 0 aliphatic carbocycles. The molecule has 58 valence electrons. The maximum Gasteiger partial charge on any atom is 0.222 e. The van der Waals surface area contributed by atoms with Crippen LogP contribution in [0, 0.1) is 0 Å². The molecule has 0 fully saturated rings. The van der Waals surface area contributed by atoms with Crippen molar-refractivity contribution in [1.29, 1.82) is 0 Å². The normalized spacial score (nSPS) is 9.18. The van der Waals surface area contributed by atoms with Gasteiger partial charge in [-0.25, -0.2) is 9.97 Å². The number of hydrogen-bond acceptors (Lipinski definition) is 4. The number of rotatable bonds is 1. The van der Waals surface area contributed by atoms with Gasteiger partial charge in [0.15, 0.2) is 11.6 Å². The number of carbonyl (C=O) groups is 1. The summed E-state index contributed by atoms with van der Waals surface area (Å²) in [5.41, 5.74) is 0. The minimum atomic E-state index is -0.279. The highest BCUT2D eigenvalue weighted by molar-refractivity contribution is 5.88. The van der Waals surface area contributed by atoms with Crippen molar-refractivity contribution in [2.75, 3.05) is 5.32 Å². The molecule has 11 heavy (non-hydrogen) atoms. The van der Waals surface area contributed by atoms with E-state index in [-0.39, 0.29) is 17.5 Å². The SMILES string of the molecule is CC(=O)Nc1ncncc1O. The van der Waals surface area contributed by atoms with Gasteiger partial charge in [0.25, 0.3) is 0 Å². The van der Waals surface area contributed by atoms with Crippen molar-refractivity contribution in [2.45, 2.75) is 6.92 Å². The fourth-order valence-corrected chi connectivity index (χ4v) is 0.585. The van der Waals surface area contributed by atoms with Crippen LogP contribution in [0.1, 0.15) is 6.92 Å². The van der Waals surface area contributed by atoms with E-state index in [0.717, 1.165) is 0 Å². The number of hydrogen-bond donors (Lipinski definition) is 2. The fourth-order valence-electron chi connectivity index (χ4n) is 0.585. The summed E-state index contributed by atoms with van der Waals surface area (Å²) in [6, 6.07) is 0. The van der Waals surface area contributed by atoms with Crippen molar-refractivity contribution in [2.24, 2.45) is 0 Å².